The Morgan fingerprint density at radius 3 is 2.88 bits per heavy atom. The fourth-order valence-electron chi connectivity index (χ4n) is 2.03. The maximum atomic E-state index is 11.1. The maximum Gasteiger partial charge on any atom is 0.164 e. The van der Waals surface area contributed by atoms with Crippen LogP contribution >= 0.6 is 0 Å². The van der Waals surface area contributed by atoms with Gasteiger partial charge in [0.05, 0.1) is 0 Å². The van der Waals surface area contributed by atoms with Crippen LogP contribution in [0.5, 0.6) is 11.5 Å². The molecule has 2 rings (SSSR count). The summed E-state index contributed by atoms with van der Waals surface area (Å²) in [5.41, 5.74) is 1.06. The zero-order chi connectivity index (χ0) is 11.5. The summed E-state index contributed by atoms with van der Waals surface area (Å²) in [6.07, 6.45) is 0.541. The predicted octanol–water partition coefficient (Wildman–Crippen LogP) is 2.54. The van der Waals surface area contributed by atoms with Gasteiger partial charge in [-0.3, -0.25) is 0 Å². The molecule has 1 atom stereocenters. The average Bonchev–Trinajstić information content (AvgIpc) is 2.27. The number of hydrogen-bond donors (Lipinski definition) is 0. The van der Waals surface area contributed by atoms with Crippen LogP contribution in [0, 0.1) is 0 Å². The zero-order valence-corrected chi connectivity index (χ0v) is 9.66. The van der Waals surface area contributed by atoms with Crippen LogP contribution in [0.15, 0.2) is 18.2 Å². The molecule has 0 fully saturated rings. The molecule has 0 saturated carbocycles. The molecule has 0 bridgehead atoms. The smallest absolute Gasteiger partial charge is 0.164 e. The van der Waals surface area contributed by atoms with E-state index in [0.29, 0.717) is 19.6 Å². The van der Waals surface area contributed by atoms with E-state index in [1.54, 1.807) is 6.92 Å². The molecule has 16 heavy (non-hydrogen) atoms. The molecule has 3 heteroatoms. The zero-order valence-electron chi connectivity index (χ0n) is 9.66. The fraction of sp³-hybridized carbons (Fsp3) is 0.462. The molecule has 1 heterocycles. The molecule has 3 nitrogen and oxygen atoms in total. The quantitative estimate of drug-likeness (QED) is 0.785. The van der Waals surface area contributed by atoms with Crippen molar-refractivity contribution in [3.05, 3.63) is 23.8 Å². The molecule has 0 aliphatic carbocycles. The van der Waals surface area contributed by atoms with Gasteiger partial charge >= 0.3 is 0 Å². The van der Waals surface area contributed by atoms with Crippen LogP contribution in [0.1, 0.15) is 31.7 Å². The first-order valence-corrected chi connectivity index (χ1v) is 5.56. The third-order valence-corrected chi connectivity index (χ3v) is 2.72. The van der Waals surface area contributed by atoms with Gasteiger partial charge in [-0.2, -0.15) is 0 Å². The number of ether oxygens (including phenoxy) is 2. The number of para-hydroxylation sites is 1. The van der Waals surface area contributed by atoms with Gasteiger partial charge in [0.25, 0.3) is 0 Å². The molecule has 1 unspecified atom stereocenters. The number of carbonyl (C=O) groups is 1. The SMILES string of the molecule is CC(=O)CC(C)c1cccc2c1OCCO2. The van der Waals surface area contributed by atoms with E-state index >= 15 is 0 Å². The van der Waals surface area contributed by atoms with E-state index in [4.69, 9.17) is 9.47 Å². The summed E-state index contributed by atoms with van der Waals surface area (Å²) in [4.78, 5) is 11.1. The predicted molar refractivity (Wildman–Crippen MR) is 61.1 cm³/mol. The van der Waals surface area contributed by atoms with Crippen LogP contribution < -0.4 is 9.47 Å². The molecule has 1 aromatic carbocycles. The second-order valence-electron chi connectivity index (χ2n) is 4.18. The highest BCUT2D eigenvalue weighted by molar-refractivity contribution is 5.76. The van der Waals surface area contributed by atoms with Gasteiger partial charge in [-0.1, -0.05) is 19.1 Å². The molecule has 0 saturated heterocycles. The van der Waals surface area contributed by atoms with Crippen LogP contribution in [0.25, 0.3) is 0 Å². The lowest BCUT2D eigenvalue weighted by Crippen LogP contribution is -2.17. The highest BCUT2D eigenvalue weighted by atomic mass is 16.6. The van der Waals surface area contributed by atoms with Gasteiger partial charge in [0.15, 0.2) is 11.5 Å². The van der Waals surface area contributed by atoms with E-state index in [-0.39, 0.29) is 11.7 Å². The van der Waals surface area contributed by atoms with Crippen molar-refractivity contribution < 1.29 is 14.3 Å². The van der Waals surface area contributed by atoms with Crippen LogP contribution in [0.4, 0.5) is 0 Å². The standard InChI is InChI=1S/C13H16O3/c1-9(8-10(2)14)11-4-3-5-12-13(11)16-7-6-15-12/h3-5,9H,6-8H2,1-2H3. The van der Waals surface area contributed by atoms with Gasteiger partial charge in [-0.25, -0.2) is 0 Å². The Morgan fingerprint density at radius 2 is 2.12 bits per heavy atom. The minimum absolute atomic E-state index is 0.175. The molecule has 1 aliphatic heterocycles. The van der Waals surface area contributed by atoms with E-state index in [2.05, 4.69) is 0 Å². The van der Waals surface area contributed by atoms with Crippen molar-refractivity contribution in [2.75, 3.05) is 13.2 Å². The Balaban J connectivity index is 2.29. The van der Waals surface area contributed by atoms with Crippen molar-refractivity contribution in [3.63, 3.8) is 0 Å². The summed E-state index contributed by atoms with van der Waals surface area (Å²) >= 11 is 0. The lowest BCUT2D eigenvalue weighted by atomic mass is 9.95. The third-order valence-electron chi connectivity index (χ3n) is 2.72. The summed E-state index contributed by atoms with van der Waals surface area (Å²) in [6.45, 7) is 4.83. The fourth-order valence-corrected chi connectivity index (χ4v) is 2.03. The summed E-state index contributed by atoms with van der Waals surface area (Å²) in [5, 5.41) is 0. The van der Waals surface area contributed by atoms with Gasteiger partial charge in [0.1, 0.15) is 19.0 Å². The molecular weight excluding hydrogens is 204 g/mol. The topological polar surface area (TPSA) is 35.5 Å². The highest BCUT2D eigenvalue weighted by Gasteiger charge is 2.19. The van der Waals surface area contributed by atoms with Crippen LogP contribution in [-0.2, 0) is 4.79 Å². The molecule has 0 N–H and O–H groups in total. The molecule has 0 amide bonds. The van der Waals surface area contributed by atoms with Crippen molar-refractivity contribution in [3.8, 4) is 11.5 Å². The number of carbonyl (C=O) groups excluding carboxylic acids is 1. The summed E-state index contributed by atoms with van der Waals surface area (Å²) in [6, 6.07) is 5.85. The molecule has 86 valence electrons. The Morgan fingerprint density at radius 1 is 1.38 bits per heavy atom. The van der Waals surface area contributed by atoms with Gasteiger partial charge in [0, 0.05) is 12.0 Å². The second-order valence-corrected chi connectivity index (χ2v) is 4.18. The molecule has 0 spiro atoms. The summed E-state index contributed by atoms with van der Waals surface area (Å²) in [5.74, 6) is 1.97. The third kappa shape index (κ3) is 2.18. The summed E-state index contributed by atoms with van der Waals surface area (Å²) in [7, 11) is 0. The largest absolute Gasteiger partial charge is 0.486 e. The van der Waals surface area contributed by atoms with E-state index in [0.717, 1.165) is 17.1 Å². The number of fused-ring (bicyclic) bond motifs is 1. The lowest BCUT2D eigenvalue weighted by Gasteiger charge is -2.23. The van der Waals surface area contributed by atoms with Crippen molar-refractivity contribution in [2.24, 2.45) is 0 Å². The Bertz CT molecular complexity index is 398. The van der Waals surface area contributed by atoms with Gasteiger partial charge in [-0.05, 0) is 18.9 Å². The number of rotatable bonds is 3. The van der Waals surface area contributed by atoms with Crippen molar-refractivity contribution in [2.45, 2.75) is 26.2 Å². The molecule has 0 aromatic heterocycles. The lowest BCUT2D eigenvalue weighted by molar-refractivity contribution is -0.117. The number of benzene rings is 1. The molecule has 1 aromatic rings. The molecular formula is C13H16O3. The normalized spacial score (nSPS) is 15.6. The van der Waals surface area contributed by atoms with E-state index in [1.165, 1.54) is 0 Å². The maximum absolute atomic E-state index is 11.1. The van der Waals surface area contributed by atoms with E-state index < -0.39 is 0 Å². The van der Waals surface area contributed by atoms with Crippen molar-refractivity contribution >= 4 is 5.78 Å². The molecule has 0 radical (unpaired) electrons. The number of ketones is 1. The molecule has 1 aliphatic rings. The minimum Gasteiger partial charge on any atom is -0.486 e. The number of Topliss-reactive ketones (excluding diaryl/α,β-unsaturated/α-hetero) is 1. The van der Waals surface area contributed by atoms with Gasteiger partial charge < -0.3 is 14.3 Å². The average molecular weight is 220 g/mol. The Kier molecular flexibility index (Phi) is 3.13. The Labute approximate surface area is 95.4 Å². The van der Waals surface area contributed by atoms with Gasteiger partial charge in [0.2, 0.25) is 0 Å². The minimum atomic E-state index is 0.175. The Hall–Kier alpha value is -1.51. The van der Waals surface area contributed by atoms with E-state index in [1.807, 2.05) is 25.1 Å². The highest BCUT2D eigenvalue weighted by Crippen LogP contribution is 2.38. The first-order valence-electron chi connectivity index (χ1n) is 5.56. The van der Waals surface area contributed by atoms with Crippen LogP contribution in [0.3, 0.4) is 0 Å². The first-order chi connectivity index (χ1) is 7.68. The van der Waals surface area contributed by atoms with Crippen molar-refractivity contribution in [1.29, 1.82) is 0 Å². The monoisotopic (exact) mass is 220 g/mol. The van der Waals surface area contributed by atoms with Crippen molar-refractivity contribution in [1.82, 2.24) is 0 Å². The van der Waals surface area contributed by atoms with E-state index in [9.17, 15) is 4.79 Å². The van der Waals surface area contributed by atoms with Crippen LogP contribution in [0.2, 0.25) is 0 Å². The number of hydrogen-bond acceptors (Lipinski definition) is 3. The van der Waals surface area contributed by atoms with Crippen LogP contribution in [-0.4, -0.2) is 19.0 Å². The van der Waals surface area contributed by atoms with Gasteiger partial charge in [-0.15, -0.1) is 0 Å². The second kappa shape index (κ2) is 4.56. The first kappa shape index (κ1) is 11.0. The summed E-state index contributed by atoms with van der Waals surface area (Å²) < 4.78 is 11.1.